The summed E-state index contributed by atoms with van der Waals surface area (Å²) in [6, 6.07) is 0. The van der Waals surface area contributed by atoms with Gasteiger partial charge in [-0.05, 0) is 37.5 Å². The van der Waals surface area contributed by atoms with Crippen LogP contribution in [0, 0.1) is 17.8 Å². The van der Waals surface area contributed by atoms with E-state index in [-0.39, 0.29) is 11.8 Å². The predicted molar refractivity (Wildman–Crippen MR) is 75.7 cm³/mol. The predicted octanol–water partition coefficient (Wildman–Crippen LogP) is 3.08. The summed E-state index contributed by atoms with van der Waals surface area (Å²) in [7, 11) is 0. The molecule has 1 N–H and O–H groups in total. The fraction of sp³-hybridized carbons (Fsp3) is 0.875. The minimum atomic E-state index is 0.230. The second-order valence-corrected chi connectivity index (χ2v) is 6.42. The van der Waals surface area contributed by atoms with Gasteiger partial charge < -0.3 is 5.32 Å². The number of rotatable bonds is 6. The van der Waals surface area contributed by atoms with Crippen LogP contribution >= 0.6 is 0 Å². The van der Waals surface area contributed by atoms with Crippen molar-refractivity contribution in [3.05, 3.63) is 0 Å². The van der Waals surface area contributed by atoms with Gasteiger partial charge in [0.25, 0.3) is 0 Å². The summed E-state index contributed by atoms with van der Waals surface area (Å²) < 4.78 is 0. The highest BCUT2D eigenvalue weighted by Gasteiger charge is 2.29. The fourth-order valence-electron chi connectivity index (χ4n) is 3.32. The Morgan fingerprint density at radius 1 is 1.16 bits per heavy atom. The highest BCUT2D eigenvalue weighted by Crippen LogP contribution is 2.32. The van der Waals surface area contributed by atoms with Gasteiger partial charge in [-0.1, -0.05) is 26.2 Å². The van der Waals surface area contributed by atoms with E-state index in [4.69, 9.17) is 0 Å². The maximum absolute atomic E-state index is 12.0. The Kier molecular flexibility index (Phi) is 5.41. The van der Waals surface area contributed by atoms with Crippen LogP contribution < -0.4 is 5.32 Å². The van der Waals surface area contributed by atoms with Gasteiger partial charge in [0.1, 0.15) is 5.78 Å². The van der Waals surface area contributed by atoms with Crippen LogP contribution in [-0.4, -0.2) is 18.2 Å². The average Bonchev–Trinajstić information content (AvgIpc) is 2.40. The van der Waals surface area contributed by atoms with Crippen LogP contribution in [0.1, 0.15) is 64.7 Å². The van der Waals surface area contributed by atoms with Gasteiger partial charge in [0.15, 0.2) is 0 Å². The van der Waals surface area contributed by atoms with Gasteiger partial charge in [0.05, 0.1) is 0 Å². The first-order chi connectivity index (χ1) is 9.19. The lowest BCUT2D eigenvalue weighted by Gasteiger charge is -2.29. The highest BCUT2D eigenvalue weighted by molar-refractivity contribution is 5.85. The summed E-state index contributed by atoms with van der Waals surface area (Å²) in [6.07, 6.45) is 9.86. The van der Waals surface area contributed by atoms with E-state index in [2.05, 4.69) is 12.2 Å². The van der Waals surface area contributed by atoms with E-state index in [1.54, 1.807) is 0 Å². The van der Waals surface area contributed by atoms with Gasteiger partial charge in [0, 0.05) is 25.3 Å². The maximum Gasteiger partial charge on any atom is 0.223 e. The van der Waals surface area contributed by atoms with Crippen LogP contribution in [0.4, 0.5) is 0 Å². The normalized spacial score (nSPS) is 27.9. The number of unbranched alkanes of at least 4 members (excludes halogenated alkanes) is 1. The van der Waals surface area contributed by atoms with Crippen LogP contribution in [0.5, 0.6) is 0 Å². The minimum Gasteiger partial charge on any atom is -0.356 e. The molecular formula is C16H27NO2. The first-order valence-electron chi connectivity index (χ1n) is 7.98. The van der Waals surface area contributed by atoms with Crippen molar-refractivity contribution < 1.29 is 9.59 Å². The Bertz CT molecular complexity index is 311. The number of carbonyl (C=O) groups is 2. The molecule has 0 atom stereocenters. The molecule has 0 saturated heterocycles. The van der Waals surface area contributed by atoms with Crippen molar-refractivity contribution in [2.24, 2.45) is 17.8 Å². The van der Waals surface area contributed by atoms with Crippen molar-refractivity contribution in [3.63, 3.8) is 0 Å². The molecule has 0 heterocycles. The third-order valence-electron chi connectivity index (χ3n) is 4.78. The number of amides is 1. The third-order valence-corrected chi connectivity index (χ3v) is 4.78. The first-order valence-corrected chi connectivity index (χ1v) is 7.98. The zero-order valence-corrected chi connectivity index (χ0v) is 12.1. The van der Waals surface area contributed by atoms with Crippen LogP contribution in [0.25, 0.3) is 0 Å². The maximum atomic E-state index is 12.0. The van der Waals surface area contributed by atoms with E-state index in [0.717, 1.165) is 18.8 Å². The summed E-state index contributed by atoms with van der Waals surface area (Å²) in [5.74, 6) is 2.07. The van der Waals surface area contributed by atoms with E-state index in [1.807, 2.05) is 0 Å². The minimum absolute atomic E-state index is 0.230. The number of carbonyl (C=O) groups excluding carboxylic acids is 2. The molecule has 0 aromatic heterocycles. The molecule has 3 nitrogen and oxygen atoms in total. The van der Waals surface area contributed by atoms with Gasteiger partial charge in [-0.15, -0.1) is 0 Å². The van der Waals surface area contributed by atoms with Gasteiger partial charge in [0.2, 0.25) is 5.91 Å². The Labute approximate surface area is 116 Å². The molecule has 0 aliphatic heterocycles. The van der Waals surface area contributed by atoms with Gasteiger partial charge in [-0.3, -0.25) is 9.59 Å². The first kappa shape index (κ1) is 14.5. The second-order valence-electron chi connectivity index (χ2n) is 6.42. The van der Waals surface area contributed by atoms with E-state index >= 15 is 0 Å². The van der Waals surface area contributed by atoms with Gasteiger partial charge >= 0.3 is 0 Å². The Balaban J connectivity index is 1.60. The SMILES string of the molecule is CCCCC1CCC(C(=O)NCC2CC(=O)C2)CC1. The summed E-state index contributed by atoms with van der Waals surface area (Å²) in [5, 5.41) is 3.04. The van der Waals surface area contributed by atoms with Gasteiger partial charge in [-0.25, -0.2) is 0 Å². The molecule has 3 heteroatoms. The van der Waals surface area contributed by atoms with Crippen LogP contribution in [0.2, 0.25) is 0 Å². The van der Waals surface area contributed by atoms with E-state index in [9.17, 15) is 9.59 Å². The molecule has 1 amide bonds. The summed E-state index contributed by atoms with van der Waals surface area (Å²) in [4.78, 5) is 22.9. The third kappa shape index (κ3) is 4.32. The topological polar surface area (TPSA) is 46.2 Å². The molecule has 2 aliphatic carbocycles. The molecule has 0 aromatic rings. The number of nitrogens with one attached hydrogen (secondary N) is 1. The quantitative estimate of drug-likeness (QED) is 0.802. The Hall–Kier alpha value is -0.860. The van der Waals surface area contributed by atoms with E-state index in [1.165, 1.54) is 32.1 Å². The molecular weight excluding hydrogens is 238 g/mol. The van der Waals surface area contributed by atoms with Crippen molar-refractivity contribution in [1.82, 2.24) is 5.32 Å². The molecule has 108 valence electrons. The number of hydrogen-bond donors (Lipinski definition) is 1. The monoisotopic (exact) mass is 265 g/mol. The van der Waals surface area contributed by atoms with Crippen LogP contribution in [0.15, 0.2) is 0 Å². The standard InChI is InChI=1S/C16H27NO2/c1-2-3-4-12-5-7-14(8-6-12)16(19)17-11-13-9-15(18)10-13/h12-14H,2-11H2,1H3,(H,17,19). The molecule has 19 heavy (non-hydrogen) atoms. The lowest BCUT2D eigenvalue weighted by Crippen LogP contribution is -2.39. The summed E-state index contributed by atoms with van der Waals surface area (Å²) >= 11 is 0. The Morgan fingerprint density at radius 2 is 1.84 bits per heavy atom. The van der Waals surface area contributed by atoms with Gasteiger partial charge in [-0.2, -0.15) is 0 Å². The largest absolute Gasteiger partial charge is 0.356 e. The average molecular weight is 265 g/mol. The fourth-order valence-corrected chi connectivity index (χ4v) is 3.32. The highest BCUT2D eigenvalue weighted by atomic mass is 16.2. The molecule has 0 radical (unpaired) electrons. The molecule has 0 spiro atoms. The van der Waals surface area contributed by atoms with Crippen LogP contribution in [0.3, 0.4) is 0 Å². The second kappa shape index (κ2) is 7.06. The van der Waals surface area contributed by atoms with Crippen molar-refractivity contribution >= 4 is 11.7 Å². The van der Waals surface area contributed by atoms with Crippen molar-refractivity contribution in [1.29, 1.82) is 0 Å². The lowest BCUT2D eigenvalue weighted by atomic mass is 9.79. The zero-order valence-electron chi connectivity index (χ0n) is 12.1. The molecule has 2 saturated carbocycles. The molecule has 2 fully saturated rings. The smallest absolute Gasteiger partial charge is 0.223 e. The number of hydrogen-bond acceptors (Lipinski definition) is 2. The summed E-state index contributed by atoms with van der Waals surface area (Å²) in [5.41, 5.74) is 0. The van der Waals surface area contributed by atoms with Crippen LogP contribution in [-0.2, 0) is 9.59 Å². The van der Waals surface area contributed by atoms with Crippen molar-refractivity contribution in [2.45, 2.75) is 64.7 Å². The zero-order chi connectivity index (χ0) is 13.7. The molecule has 2 aliphatic rings. The van der Waals surface area contributed by atoms with Crippen molar-refractivity contribution in [3.8, 4) is 0 Å². The van der Waals surface area contributed by atoms with Crippen molar-refractivity contribution in [2.75, 3.05) is 6.54 Å². The Morgan fingerprint density at radius 3 is 2.42 bits per heavy atom. The molecule has 0 aromatic carbocycles. The lowest BCUT2D eigenvalue weighted by molar-refractivity contribution is -0.130. The summed E-state index contributed by atoms with van der Waals surface area (Å²) in [6.45, 7) is 2.95. The molecule has 0 unspecified atom stereocenters. The van der Waals surface area contributed by atoms with E-state index < -0.39 is 0 Å². The molecule has 2 rings (SSSR count). The number of ketones is 1. The molecule has 0 bridgehead atoms. The van der Waals surface area contributed by atoms with E-state index in [0.29, 0.717) is 31.1 Å². The number of Topliss-reactive ketones (excluding diaryl/α,β-unsaturated/α-hetero) is 1.